The Labute approximate surface area is 134 Å². The summed E-state index contributed by atoms with van der Waals surface area (Å²) in [4.78, 5) is 11.7. The van der Waals surface area contributed by atoms with Crippen molar-refractivity contribution in [1.29, 1.82) is 0 Å². The van der Waals surface area contributed by atoms with Crippen LogP contribution >= 0.6 is 0 Å². The van der Waals surface area contributed by atoms with Crippen molar-refractivity contribution in [2.75, 3.05) is 33.0 Å². The molecule has 0 unspecified atom stereocenters. The minimum atomic E-state index is -0.0856. The van der Waals surface area contributed by atoms with Crippen LogP contribution in [0.2, 0.25) is 0 Å². The van der Waals surface area contributed by atoms with Gasteiger partial charge in [-0.05, 0) is 46.0 Å². The average molecular weight is 316 g/mol. The summed E-state index contributed by atoms with van der Waals surface area (Å²) in [5.74, 6) is -0.0856. The van der Waals surface area contributed by atoms with Crippen LogP contribution in [-0.4, -0.2) is 51.2 Å². The average Bonchev–Trinajstić information content (AvgIpc) is 2.50. The maximum atomic E-state index is 11.7. The molecule has 0 heterocycles. The lowest BCUT2D eigenvalue weighted by Crippen LogP contribution is -2.21. The third kappa shape index (κ3) is 11.0. The normalized spacial score (nSPS) is 16.1. The Kier molecular flexibility index (Phi) is 11.3. The van der Waals surface area contributed by atoms with Crippen LogP contribution in [0, 0.1) is 0 Å². The summed E-state index contributed by atoms with van der Waals surface area (Å²) in [6, 6.07) is 0. The van der Waals surface area contributed by atoms with Crippen LogP contribution in [0.3, 0.4) is 0 Å². The summed E-state index contributed by atoms with van der Waals surface area (Å²) in [6.45, 7) is 6.91. The summed E-state index contributed by atoms with van der Waals surface area (Å²) >= 11 is 0. The third-order valence-electron chi connectivity index (χ3n) is 3.57. The number of hydrogen-bond acceptors (Lipinski definition) is 5. The van der Waals surface area contributed by atoms with Crippen molar-refractivity contribution >= 4 is 5.97 Å². The Morgan fingerprint density at radius 2 is 1.59 bits per heavy atom. The first kappa shape index (κ1) is 19.4. The van der Waals surface area contributed by atoms with Gasteiger partial charge in [0.25, 0.3) is 0 Å². The second kappa shape index (κ2) is 12.9. The first-order valence-corrected chi connectivity index (χ1v) is 8.65. The fourth-order valence-corrected chi connectivity index (χ4v) is 2.41. The largest absolute Gasteiger partial charge is 0.462 e. The van der Waals surface area contributed by atoms with Crippen molar-refractivity contribution in [2.24, 2.45) is 0 Å². The fraction of sp³-hybridized carbons (Fsp3) is 0.941. The van der Waals surface area contributed by atoms with Crippen LogP contribution in [0.1, 0.15) is 58.8 Å². The SMILES string of the molecule is CC(C)OCCOCCOCCCC(=O)OC1CCCCC1. The summed E-state index contributed by atoms with van der Waals surface area (Å²) in [5.41, 5.74) is 0. The molecule has 0 atom stereocenters. The van der Waals surface area contributed by atoms with E-state index in [9.17, 15) is 4.79 Å². The van der Waals surface area contributed by atoms with Gasteiger partial charge < -0.3 is 18.9 Å². The summed E-state index contributed by atoms with van der Waals surface area (Å²) in [7, 11) is 0. The highest BCUT2D eigenvalue weighted by molar-refractivity contribution is 5.69. The standard InChI is InChI=1S/C17H32O5/c1-15(2)21-14-13-20-12-11-19-10-6-9-17(18)22-16-7-4-3-5-8-16/h15-16H,3-14H2,1-2H3. The Balaban J connectivity index is 1.81. The van der Waals surface area contributed by atoms with Crippen LogP contribution in [0.5, 0.6) is 0 Å². The van der Waals surface area contributed by atoms with Gasteiger partial charge in [-0.2, -0.15) is 0 Å². The number of rotatable bonds is 12. The van der Waals surface area contributed by atoms with Gasteiger partial charge in [-0.1, -0.05) is 6.42 Å². The van der Waals surface area contributed by atoms with E-state index in [0.717, 1.165) is 12.8 Å². The second-order valence-electron chi connectivity index (χ2n) is 6.00. The molecule has 1 rings (SSSR count). The van der Waals surface area contributed by atoms with Crippen molar-refractivity contribution in [3.63, 3.8) is 0 Å². The molecular formula is C17H32O5. The maximum absolute atomic E-state index is 11.7. The molecule has 0 spiro atoms. The van der Waals surface area contributed by atoms with Gasteiger partial charge in [-0.15, -0.1) is 0 Å². The molecular weight excluding hydrogens is 284 g/mol. The molecule has 130 valence electrons. The molecule has 0 aromatic carbocycles. The molecule has 1 aliphatic carbocycles. The quantitative estimate of drug-likeness (QED) is 0.409. The van der Waals surface area contributed by atoms with Gasteiger partial charge in [0.2, 0.25) is 0 Å². The predicted molar refractivity (Wildman–Crippen MR) is 84.9 cm³/mol. The summed E-state index contributed by atoms with van der Waals surface area (Å²) in [6.07, 6.45) is 7.25. The van der Waals surface area contributed by atoms with E-state index >= 15 is 0 Å². The van der Waals surface area contributed by atoms with Crippen molar-refractivity contribution in [3.05, 3.63) is 0 Å². The smallest absolute Gasteiger partial charge is 0.306 e. The van der Waals surface area contributed by atoms with Crippen LogP contribution < -0.4 is 0 Å². The fourth-order valence-electron chi connectivity index (χ4n) is 2.41. The van der Waals surface area contributed by atoms with Crippen LogP contribution in [0.25, 0.3) is 0 Å². The molecule has 22 heavy (non-hydrogen) atoms. The molecule has 0 N–H and O–H groups in total. The van der Waals surface area contributed by atoms with Gasteiger partial charge in [0.15, 0.2) is 0 Å². The lowest BCUT2D eigenvalue weighted by atomic mass is 9.98. The van der Waals surface area contributed by atoms with E-state index in [1.807, 2.05) is 13.8 Å². The van der Waals surface area contributed by atoms with Crippen LogP contribution in [-0.2, 0) is 23.7 Å². The van der Waals surface area contributed by atoms with Crippen molar-refractivity contribution in [2.45, 2.75) is 71.0 Å². The van der Waals surface area contributed by atoms with Crippen molar-refractivity contribution in [3.8, 4) is 0 Å². The Morgan fingerprint density at radius 3 is 2.27 bits per heavy atom. The molecule has 0 bridgehead atoms. The molecule has 1 fully saturated rings. The number of esters is 1. The van der Waals surface area contributed by atoms with E-state index in [-0.39, 0.29) is 18.2 Å². The number of carbonyl (C=O) groups is 1. The highest BCUT2D eigenvalue weighted by Crippen LogP contribution is 2.20. The first-order valence-electron chi connectivity index (χ1n) is 8.65. The molecule has 1 aliphatic rings. The number of carbonyl (C=O) groups excluding carboxylic acids is 1. The molecule has 0 aliphatic heterocycles. The van der Waals surface area contributed by atoms with Crippen molar-refractivity contribution in [1.82, 2.24) is 0 Å². The Morgan fingerprint density at radius 1 is 0.955 bits per heavy atom. The molecule has 0 amide bonds. The molecule has 0 aromatic rings. The van der Waals surface area contributed by atoms with E-state index < -0.39 is 0 Å². The lowest BCUT2D eigenvalue weighted by Gasteiger charge is -2.21. The summed E-state index contributed by atoms with van der Waals surface area (Å²) in [5, 5.41) is 0. The monoisotopic (exact) mass is 316 g/mol. The third-order valence-corrected chi connectivity index (χ3v) is 3.57. The molecule has 0 aromatic heterocycles. The van der Waals surface area contributed by atoms with Gasteiger partial charge in [-0.3, -0.25) is 4.79 Å². The minimum absolute atomic E-state index is 0.0856. The van der Waals surface area contributed by atoms with Gasteiger partial charge in [0.05, 0.1) is 32.5 Å². The van der Waals surface area contributed by atoms with E-state index in [1.54, 1.807) is 0 Å². The number of ether oxygens (including phenoxy) is 4. The van der Waals surface area contributed by atoms with Gasteiger partial charge in [0, 0.05) is 13.0 Å². The number of hydrogen-bond donors (Lipinski definition) is 0. The van der Waals surface area contributed by atoms with E-state index in [0.29, 0.717) is 45.9 Å². The van der Waals surface area contributed by atoms with E-state index in [4.69, 9.17) is 18.9 Å². The van der Waals surface area contributed by atoms with Crippen LogP contribution in [0.15, 0.2) is 0 Å². The van der Waals surface area contributed by atoms with Gasteiger partial charge in [-0.25, -0.2) is 0 Å². The highest BCUT2D eigenvalue weighted by Gasteiger charge is 2.17. The molecule has 5 nitrogen and oxygen atoms in total. The predicted octanol–water partition coefficient (Wildman–Crippen LogP) is 3.10. The Bertz CT molecular complexity index is 274. The lowest BCUT2D eigenvalue weighted by molar-refractivity contribution is -0.150. The topological polar surface area (TPSA) is 54.0 Å². The Hall–Kier alpha value is -0.650. The zero-order valence-electron chi connectivity index (χ0n) is 14.2. The molecule has 5 heteroatoms. The van der Waals surface area contributed by atoms with Crippen LogP contribution in [0.4, 0.5) is 0 Å². The van der Waals surface area contributed by atoms with E-state index in [2.05, 4.69) is 0 Å². The highest BCUT2D eigenvalue weighted by atomic mass is 16.5. The van der Waals surface area contributed by atoms with E-state index in [1.165, 1.54) is 19.3 Å². The maximum Gasteiger partial charge on any atom is 0.306 e. The zero-order valence-corrected chi connectivity index (χ0v) is 14.2. The van der Waals surface area contributed by atoms with Crippen molar-refractivity contribution < 1.29 is 23.7 Å². The first-order chi connectivity index (χ1) is 10.7. The van der Waals surface area contributed by atoms with Gasteiger partial charge in [0.1, 0.15) is 6.10 Å². The molecule has 0 saturated heterocycles. The molecule has 0 radical (unpaired) electrons. The summed E-state index contributed by atoms with van der Waals surface area (Å²) < 4.78 is 21.6. The van der Waals surface area contributed by atoms with Gasteiger partial charge >= 0.3 is 5.97 Å². The molecule has 1 saturated carbocycles. The second-order valence-corrected chi connectivity index (χ2v) is 6.00. The minimum Gasteiger partial charge on any atom is -0.462 e. The zero-order chi connectivity index (χ0) is 16.0.